The van der Waals surface area contributed by atoms with Crippen molar-refractivity contribution in [3.63, 3.8) is 0 Å². The van der Waals surface area contributed by atoms with Gasteiger partial charge in [0.1, 0.15) is 19.3 Å². The highest BCUT2D eigenvalue weighted by Gasteiger charge is 2.41. The molecule has 5 aliphatic rings. The van der Waals surface area contributed by atoms with Crippen LogP contribution in [0.3, 0.4) is 0 Å². The third kappa shape index (κ3) is 20.8. The van der Waals surface area contributed by atoms with Gasteiger partial charge >= 0.3 is 23.9 Å². The predicted molar refractivity (Wildman–Crippen MR) is 306 cm³/mol. The van der Waals surface area contributed by atoms with Gasteiger partial charge in [-0.05, 0) is 109 Å². The lowest BCUT2D eigenvalue weighted by molar-refractivity contribution is -0.149. The number of amides is 8. The first-order valence-corrected chi connectivity index (χ1v) is 27.3. The van der Waals surface area contributed by atoms with Gasteiger partial charge in [0, 0.05) is 84.9 Å². The van der Waals surface area contributed by atoms with E-state index in [1.165, 1.54) is 14.7 Å². The van der Waals surface area contributed by atoms with Crippen LogP contribution in [0.15, 0.2) is 93.2 Å². The molecule has 1 fully saturated rings. The number of esters is 4. The second kappa shape index (κ2) is 33.5. The lowest BCUT2D eigenvalue weighted by atomic mass is 9.91. The molecule has 0 aromatic heterocycles. The van der Waals surface area contributed by atoms with E-state index in [1.54, 1.807) is 83.1 Å². The van der Waals surface area contributed by atoms with Gasteiger partial charge in [0.25, 0.3) is 47.3 Å². The molecule has 0 saturated heterocycles. The van der Waals surface area contributed by atoms with E-state index in [2.05, 4.69) is 26.3 Å². The number of nitrogens with zero attached hydrogens (tertiary/aromatic N) is 4. The van der Waals surface area contributed by atoms with Gasteiger partial charge in [0.05, 0.1) is 59.3 Å². The summed E-state index contributed by atoms with van der Waals surface area (Å²) in [5.74, 6) is -3.72. The number of carbonyl (C=O) groups is 12. The van der Waals surface area contributed by atoms with Gasteiger partial charge < -0.3 is 33.2 Å². The quantitative estimate of drug-likeness (QED) is 0.0352. The van der Waals surface area contributed by atoms with Crippen molar-refractivity contribution in [3.8, 4) is 0 Å². The number of imide groups is 4. The summed E-state index contributed by atoms with van der Waals surface area (Å²) in [6, 6.07) is -0.0859. The van der Waals surface area contributed by atoms with Gasteiger partial charge in [-0.25, -0.2) is 19.2 Å². The first kappa shape index (κ1) is 72.3. The van der Waals surface area contributed by atoms with E-state index in [1.807, 2.05) is 13.8 Å². The van der Waals surface area contributed by atoms with Crippen LogP contribution in [0.1, 0.15) is 123 Å². The molecule has 0 aromatic rings. The number of rotatable bonds is 25. The molecule has 23 nitrogen and oxygen atoms in total. The van der Waals surface area contributed by atoms with Crippen LogP contribution in [0, 0.1) is 5.41 Å². The van der Waals surface area contributed by atoms with Gasteiger partial charge in [-0.3, -0.25) is 58.0 Å². The molecule has 0 atom stereocenters. The summed E-state index contributed by atoms with van der Waals surface area (Å²) in [6.07, 6.45) is 2.53. The summed E-state index contributed by atoms with van der Waals surface area (Å²) in [5, 5.41) is 0. The maximum atomic E-state index is 12.1. The third-order valence-corrected chi connectivity index (χ3v) is 13.8. The van der Waals surface area contributed by atoms with Crippen LogP contribution >= 0.6 is 0 Å². The molecule has 0 spiro atoms. The van der Waals surface area contributed by atoms with Gasteiger partial charge in [-0.2, -0.15) is 0 Å². The van der Waals surface area contributed by atoms with Crippen molar-refractivity contribution in [2.75, 3.05) is 79.1 Å². The molecule has 5 rings (SSSR count). The monoisotopic (exact) mass is 1180 g/mol. The van der Waals surface area contributed by atoms with E-state index >= 15 is 0 Å². The molecule has 0 N–H and O–H groups in total. The van der Waals surface area contributed by atoms with Crippen LogP contribution < -0.4 is 0 Å². The summed E-state index contributed by atoms with van der Waals surface area (Å²) in [6.45, 7) is 39.8. The standard InChI is InChI=1S/C16H23NO6.C16H21NO4.C15H21NO4.C14H19NO5/c1-11(2)16(20)23-10-9-22-8-7-21-6-5-17-14(18)12(3)13(4)15(17)19;1-9(2)16(20)21-13-7-5-12(6-8-13)17-14(18)10(3)11(4)15(17)19;1-9(2)14(19)20-8-15(5,6)7-16-12(17)10(3)11(4)13(16)18;1-9(2)14(18)20-8-7-19-6-5-15-12(16)10(3)11(4)13(15)17/h1,5-10H2,2-4H3;12-13H,1,5-8H2,2-4H3;1,7-8H2,2-6H3;1,5-8H2,2-4H3. The first-order chi connectivity index (χ1) is 39.1. The molecular weight excluding hydrogens is 1090 g/mol. The van der Waals surface area contributed by atoms with Gasteiger partial charge in [0.15, 0.2) is 0 Å². The van der Waals surface area contributed by atoms with Crippen molar-refractivity contribution < 1.29 is 90.7 Å². The Kier molecular flexibility index (Phi) is 28.9. The zero-order valence-electron chi connectivity index (χ0n) is 51.3. The maximum absolute atomic E-state index is 12.1. The molecule has 0 unspecified atom stereocenters. The summed E-state index contributed by atoms with van der Waals surface area (Å²) in [4.78, 5) is 145. The van der Waals surface area contributed by atoms with E-state index in [0.29, 0.717) is 106 Å². The number of carbonyl (C=O) groups excluding carboxylic acids is 12. The van der Waals surface area contributed by atoms with Crippen LogP contribution in [0.4, 0.5) is 0 Å². The molecule has 0 radical (unpaired) electrons. The SMILES string of the molecule is C=C(C)C(=O)OC1CCC(N2C(=O)C(C)=C(C)C2=O)CC1.C=C(C)C(=O)OCC(C)(C)CN1C(=O)C(C)=C(C)C1=O.C=C(C)C(=O)OCCOCCN1C(=O)C(C)=C(C)C1=O.C=C(C)C(=O)OCCOCCOCCN1C(=O)C(C)=C(C)C1=O. The Labute approximate surface area is 492 Å². The molecule has 4 heterocycles. The number of hydrogen-bond acceptors (Lipinski definition) is 19. The highest BCUT2D eigenvalue weighted by molar-refractivity contribution is 6.20. The number of ether oxygens (including phenoxy) is 7. The van der Waals surface area contributed by atoms with Crippen molar-refractivity contribution >= 4 is 71.1 Å². The molecule has 462 valence electrons. The lowest BCUT2D eigenvalue weighted by Gasteiger charge is -2.33. The molecular formula is C61H84N4O19. The smallest absolute Gasteiger partial charge is 0.333 e. The average Bonchev–Trinajstić information content (AvgIpc) is 3.83. The van der Waals surface area contributed by atoms with E-state index in [9.17, 15) is 57.5 Å². The fraction of sp³-hybridized carbons (Fsp3) is 0.541. The topological polar surface area (TPSA) is 282 Å². The third-order valence-electron chi connectivity index (χ3n) is 13.8. The minimum absolute atomic E-state index is 0.0859. The van der Waals surface area contributed by atoms with E-state index in [0.717, 1.165) is 4.90 Å². The van der Waals surface area contributed by atoms with E-state index in [4.69, 9.17) is 33.2 Å². The molecule has 8 amide bonds. The van der Waals surface area contributed by atoms with Crippen molar-refractivity contribution in [1.29, 1.82) is 0 Å². The summed E-state index contributed by atoms with van der Waals surface area (Å²) in [5.41, 5.74) is 4.83. The van der Waals surface area contributed by atoms with E-state index in [-0.39, 0.29) is 131 Å². The Morgan fingerprint density at radius 3 is 1.02 bits per heavy atom. The molecule has 1 aliphatic carbocycles. The minimum atomic E-state index is -0.513. The van der Waals surface area contributed by atoms with Gasteiger partial charge in [0.2, 0.25) is 0 Å². The predicted octanol–water partition coefficient (Wildman–Crippen LogP) is 5.63. The Morgan fingerprint density at radius 1 is 0.405 bits per heavy atom. The second-order valence-corrected chi connectivity index (χ2v) is 21.5. The van der Waals surface area contributed by atoms with Crippen LogP contribution in [0.5, 0.6) is 0 Å². The van der Waals surface area contributed by atoms with Crippen LogP contribution in [0.2, 0.25) is 0 Å². The molecule has 84 heavy (non-hydrogen) atoms. The summed E-state index contributed by atoms with van der Waals surface area (Å²) in [7, 11) is 0. The van der Waals surface area contributed by atoms with Crippen LogP contribution in [0.25, 0.3) is 0 Å². The fourth-order valence-corrected chi connectivity index (χ4v) is 8.01. The normalized spacial score (nSPS) is 18.0. The zero-order chi connectivity index (χ0) is 64.1. The largest absolute Gasteiger partial charge is 0.462 e. The van der Waals surface area contributed by atoms with Crippen molar-refractivity contribution in [2.24, 2.45) is 5.41 Å². The summed E-state index contributed by atoms with van der Waals surface area (Å²) >= 11 is 0. The van der Waals surface area contributed by atoms with Crippen LogP contribution in [-0.4, -0.2) is 182 Å². The Bertz CT molecular complexity index is 2710. The van der Waals surface area contributed by atoms with Gasteiger partial charge in [-0.15, -0.1) is 0 Å². The van der Waals surface area contributed by atoms with Gasteiger partial charge in [-0.1, -0.05) is 40.2 Å². The first-order valence-electron chi connectivity index (χ1n) is 27.3. The molecule has 0 aromatic carbocycles. The Morgan fingerprint density at radius 2 is 0.690 bits per heavy atom. The lowest BCUT2D eigenvalue weighted by Crippen LogP contribution is -2.44. The molecule has 0 bridgehead atoms. The van der Waals surface area contributed by atoms with Crippen molar-refractivity contribution in [2.45, 2.75) is 135 Å². The highest BCUT2D eigenvalue weighted by Crippen LogP contribution is 2.32. The maximum Gasteiger partial charge on any atom is 0.333 e. The zero-order valence-corrected chi connectivity index (χ0v) is 51.3. The average molecular weight is 1180 g/mol. The molecule has 23 heteroatoms. The molecule has 1 saturated carbocycles. The Hall–Kier alpha value is -7.76. The van der Waals surface area contributed by atoms with Crippen LogP contribution in [-0.2, 0) is 90.7 Å². The summed E-state index contributed by atoms with van der Waals surface area (Å²) < 4.78 is 35.9. The van der Waals surface area contributed by atoms with Crippen molar-refractivity contribution in [1.82, 2.24) is 19.6 Å². The van der Waals surface area contributed by atoms with E-state index < -0.39 is 23.3 Å². The number of hydrogen-bond donors (Lipinski definition) is 0. The Balaban J connectivity index is 0.000000383. The minimum Gasteiger partial charge on any atom is -0.462 e. The second-order valence-electron chi connectivity index (χ2n) is 21.5. The molecule has 4 aliphatic heterocycles. The fourth-order valence-electron chi connectivity index (χ4n) is 8.01. The van der Waals surface area contributed by atoms with Crippen molar-refractivity contribution in [3.05, 3.63) is 93.2 Å². The highest BCUT2D eigenvalue weighted by atomic mass is 16.6.